The van der Waals surface area contributed by atoms with Crippen LogP contribution in [-0.4, -0.2) is 19.3 Å². The first-order valence-electron chi connectivity index (χ1n) is 12.0. The second-order valence-electron chi connectivity index (χ2n) is 11.3. The van der Waals surface area contributed by atoms with Crippen LogP contribution in [0.4, 0.5) is 4.39 Å². The maximum absolute atomic E-state index is 14.8. The third-order valence-corrected chi connectivity index (χ3v) is 10.4. The zero-order valence-electron chi connectivity index (χ0n) is 18.5. The van der Waals surface area contributed by atoms with Crippen molar-refractivity contribution in [1.82, 2.24) is 0 Å². The van der Waals surface area contributed by atoms with Crippen LogP contribution < -0.4 is 0 Å². The molecule has 0 radical (unpaired) electrons. The number of halogens is 1. The number of hydrogen-bond donors (Lipinski definition) is 0. The highest BCUT2D eigenvalue weighted by molar-refractivity contribution is 5.69. The summed E-state index contributed by atoms with van der Waals surface area (Å²) in [6, 6.07) is 0. The van der Waals surface area contributed by atoms with Crippen LogP contribution >= 0.6 is 0 Å². The summed E-state index contributed by atoms with van der Waals surface area (Å²) >= 11 is 0. The van der Waals surface area contributed by atoms with Crippen LogP contribution in [0.3, 0.4) is 0 Å². The average molecular weight is 393 g/mol. The fourth-order valence-electron chi connectivity index (χ4n) is 8.95. The number of hydrogen-bond acceptors (Lipinski definition) is 2. The van der Waals surface area contributed by atoms with Gasteiger partial charge in [-0.3, -0.25) is 4.79 Å². The molecule has 4 aliphatic carbocycles. The molecule has 4 rings (SSSR count). The third kappa shape index (κ3) is 3.14. The molecule has 0 bridgehead atoms. The fourth-order valence-corrected chi connectivity index (χ4v) is 8.95. The van der Waals surface area contributed by atoms with Crippen molar-refractivity contribution in [2.24, 2.45) is 46.3 Å². The summed E-state index contributed by atoms with van der Waals surface area (Å²) < 4.78 is 19.6. The monoisotopic (exact) mass is 392 g/mol. The standard InChI is InChI=1S/C25H41FO2/c1-16(7-12-23(27)28-4)18-10-11-19-17-8-9-21-22(26)6-5-14-24(21,2)20(17)13-15-25(18,19)3/h16-22H,5-15H2,1-4H3. The Kier molecular flexibility index (Phi) is 5.59. The van der Waals surface area contributed by atoms with E-state index in [1.54, 1.807) is 0 Å². The lowest BCUT2D eigenvalue weighted by molar-refractivity contribution is -0.142. The molecule has 4 saturated carbocycles. The summed E-state index contributed by atoms with van der Waals surface area (Å²) in [6.07, 6.45) is 11.8. The zero-order valence-corrected chi connectivity index (χ0v) is 18.5. The molecule has 0 aliphatic heterocycles. The molecule has 160 valence electrons. The topological polar surface area (TPSA) is 26.3 Å². The van der Waals surface area contributed by atoms with Gasteiger partial charge in [-0.1, -0.05) is 20.8 Å². The molecule has 0 saturated heterocycles. The molecule has 4 aliphatic rings. The molecule has 28 heavy (non-hydrogen) atoms. The molecule has 9 atom stereocenters. The Labute approximate surface area is 171 Å². The summed E-state index contributed by atoms with van der Waals surface area (Å²) in [5.74, 6) is 3.93. The SMILES string of the molecule is COC(=O)CCC(C)C1CCC2C3CCC4C(F)CCCC4(C)C3CCC12C. The second-order valence-corrected chi connectivity index (χ2v) is 11.3. The van der Waals surface area contributed by atoms with Gasteiger partial charge in [0.25, 0.3) is 0 Å². The summed E-state index contributed by atoms with van der Waals surface area (Å²) in [4.78, 5) is 11.6. The first-order valence-corrected chi connectivity index (χ1v) is 12.0. The highest BCUT2D eigenvalue weighted by Crippen LogP contribution is 2.68. The quantitative estimate of drug-likeness (QED) is 0.506. The molecule has 0 aromatic carbocycles. The number of rotatable bonds is 4. The van der Waals surface area contributed by atoms with Crippen molar-refractivity contribution >= 4 is 5.97 Å². The number of carbonyl (C=O) groups excluding carboxylic acids is 1. The predicted molar refractivity (Wildman–Crippen MR) is 111 cm³/mol. The van der Waals surface area contributed by atoms with Gasteiger partial charge >= 0.3 is 5.97 Å². The van der Waals surface area contributed by atoms with Crippen molar-refractivity contribution in [2.45, 2.75) is 97.6 Å². The average Bonchev–Trinajstić information content (AvgIpc) is 3.03. The first-order chi connectivity index (χ1) is 13.3. The number of fused-ring (bicyclic) bond motifs is 5. The van der Waals surface area contributed by atoms with Gasteiger partial charge in [0.1, 0.15) is 6.17 Å². The van der Waals surface area contributed by atoms with Crippen LogP contribution in [0.15, 0.2) is 0 Å². The van der Waals surface area contributed by atoms with Gasteiger partial charge in [0.2, 0.25) is 0 Å². The van der Waals surface area contributed by atoms with E-state index in [0.717, 1.165) is 49.4 Å². The first kappa shape index (κ1) is 20.7. The fraction of sp³-hybridized carbons (Fsp3) is 0.960. The summed E-state index contributed by atoms with van der Waals surface area (Å²) in [5, 5.41) is 0. The summed E-state index contributed by atoms with van der Waals surface area (Å²) in [6.45, 7) is 7.38. The zero-order chi connectivity index (χ0) is 20.1. The van der Waals surface area contributed by atoms with Crippen molar-refractivity contribution in [3.05, 3.63) is 0 Å². The highest BCUT2D eigenvalue weighted by atomic mass is 19.1. The van der Waals surface area contributed by atoms with Crippen LogP contribution in [0.25, 0.3) is 0 Å². The third-order valence-electron chi connectivity index (χ3n) is 10.4. The molecule has 2 nitrogen and oxygen atoms in total. The van der Waals surface area contributed by atoms with E-state index in [-0.39, 0.29) is 11.4 Å². The van der Waals surface area contributed by atoms with Gasteiger partial charge in [0.15, 0.2) is 0 Å². The summed E-state index contributed by atoms with van der Waals surface area (Å²) in [5.41, 5.74) is 0.667. The number of methoxy groups -OCH3 is 1. The van der Waals surface area contributed by atoms with Gasteiger partial charge in [-0.2, -0.15) is 0 Å². The largest absolute Gasteiger partial charge is 0.469 e. The van der Waals surface area contributed by atoms with E-state index in [4.69, 9.17) is 4.74 Å². The molecule has 0 aromatic rings. The van der Waals surface area contributed by atoms with Gasteiger partial charge in [-0.05, 0) is 111 Å². The Hall–Kier alpha value is -0.600. The van der Waals surface area contributed by atoms with Crippen molar-refractivity contribution < 1.29 is 13.9 Å². The number of ether oxygens (including phenoxy) is 1. The van der Waals surface area contributed by atoms with Gasteiger partial charge in [0.05, 0.1) is 7.11 Å². The van der Waals surface area contributed by atoms with E-state index in [2.05, 4.69) is 20.8 Å². The van der Waals surface area contributed by atoms with E-state index >= 15 is 0 Å². The molecular weight excluding hydrogens is 351 g/mol. The van der Waals surface area contributed by atoms with Crippen molar-refractivity contribution in [1.29, 1.82) is 0 Å². The molecule has 0 amide bonds. The van der Waals surface area contributed by atoms with E-state index in [0.29, 0.717) is 23.7 Å². The number of alkyl halides is 1. The van der Waals surface area contributed by atoms with Gasteiger partial charge < -0.3 is 4.74 Å². The van der Waals surface area contributed by atoms with Crippen molar-refractivity contribution in [3.63, 3.8) is 0 Å². The minimum absolute atomic E-state index is 0.0698. The van der Waals surface area contributed by atoms with Gasteiger partial charge in [-0.15, -0.1) is 0 Å². The number of carbonyl (C=O) groups is 1. The van der Waals surface area contributed by atoms with Crippen molar-refractivity contribution in [2.75, 3.05) is 7.11 Å². The molecular formula is C25H41FO2. The maximum Gasteiger partial charge on any atom is 0.305 e. The molecule has 0 aromatic heterocycles. The normalized spacial score (nSPS) is 48.9. The van der Waals surface area contributed by atoms with Crippen LogP contribution in [-0.2, 0) is 9.53 Å². The van der Waals surface area contributed by atoms with Gasteiger partial charge in [-0.25, -0.2) is 4.39 Å². The van der Waals surface area contributed by atoms with E-state index < -0.39 is 6.17 Å². The lowest BCUT2D eigenvalue weighted by Gasteiger charge is -2.61. The minimum Gasteiger partial charge on any atom is -0.469 e. The van der Waals surface area contributed by atoms with E-state index in [9.17, 15) is 9.18 Å². The van der Waals surface area contributed by atoms with Gasteiger partial charge in [0, 0.05) is 6.42 Å². The molecule has 4 fully saturated rings. The molecule has 3 heteroatoms. The predicted octanol–water partition coefficient (Wildman–Crippen LogP) is 6.57. The highest BCUT2D eigenvalue weighted by Gasteiger charge is 2.61. The number of esters is 1. The van der Waals surface area contributed by atoms with E-state index in [1.807, 2.05) is 0 Å². The minimum atomic E-state index is -0.553. The molecule has 0 heterocycles. The Morgan fingerprint density at radius 3 is 2.46 bits per heavy atom. The lowest BCUT2D eigenvalue weighted by atomic mass is 9.44. The molecule has 0 spiro atoms. The smallest absolute Gasteiger partial charge is 0.305 e. The molecule has 0 N–H and O–H groups in total. The second kappa shape index (κ2) is 7.58. The van der Waals surface area contributed by atoms with Crippen LogP contribution in [0.1, 0.15) is 91.4 Å². The molecule has 9 unspecified atom stereocenters. The Bertz CT molecular complexity index is 591. The lowest BCUT2D eigenvalue weighted by Crippen LogP contribution is -2.55. The maximum atomic E-state index is 14.8. The Morgan fingerprint density at radius 1 is 1.00 bits per heavy atom. The van der Waals surface area contributed by atoms with E-state index in [1.165, 1.54) is 45.6 Å². The summed E-state index contributed by atoms with van der Waals surface area (Å²) in [7, 11) is 1.49. The van der Waals surface area contributed by atoms with Crippen LogP contribution in [0, 0.1) is 46.3 Å². The van der Waals surface area contributed by atoms with Crippen LogP contribution in [0.2, 0.25) is 0 Å². The Balaban J connectivity index is 1.50. The van der Waals surface area contributed by atoms with Crippen LogP contribution in [0.5, 0.6) is 0 Å². The van der Waals surface area contributed by atoms with Crippen molar-refractivity contribution in [3.8, 4) is 0 Å². The Morgan fingerprint density at radius 2 is 1.71 bits per heavy atom.